The average Bonchev–Trinajstić information content (AvgIpc) is 2.73. The molecule has 0 aliphatic heterocycles. The monoisotopic (exact) mass is 278 g/mol. The van der Waals surface area contributed by atoms with Crippen molar-refractivity contribution in [3.8, 4) is 11.5 Å². The molecule has 0 spiro atoms. The minimum atomic E-state index is 0.448. The van der Waals surface area contributed by atoms with Crippen molar-refractivity contribution in [2.45, 2.75) is 0 Å². The summed E-state index contributed by atoms with van der Waals surface area (Å²) in [6.07, 6.45) is 0. The van der Waals surface area contributed by atoms with Crippen LogP contribution in [0.25, 0.3) is 22.6 Å². The summed E-state index contributed by atoms with van der Waals surface area (Å²) in [6, 6.07) is 8.83. The van der Waals surface area contributed by atoms with E-state index < -0.39 is 0 Å². The fourth-order valence-electron chi connectivity index (χ4n) is 1.71. The van der Waals surface area contributed by atoms with Gasteiger partial charge in [0.25, 0.3) is 0 Å². The van der Waals surface area contributed by atoms with E-state index in [9.17, 15) is 0 Å². The molecule has 6 heteroatoms. The lowest BCUT2D eigenvalue weighted by Gasteiger charge is -1.96. The third-order valence-electron chi connectivity index (χ3n) is 2.54. The number of hydrogen-bond donors (Lipinski definition) is 2. The fourth-order valence-corrected chi connectivity index (χ4v) is 2.03. The molecule has 0 saturated heterocycles. The molecule has 0 unspecified atom stereocenters. The second-order valence-electron chi connectivity index (χ2n) is 3.82. The molecule has 3 aromatic rings. The first-order valence-corrected chi connectivity index (χ1v) is 5.97. The summed E-state index contributed by atoms with van der Waals surface area (Å²) in [4.78, 5) is 11.7. The number of aromatic amines is 1. The van der Waals surface area contributed by atoms with Crippen molar-refractivity contribution in [3.63, 3.8) is 0 Å². The van der Waals surface area contributed by atoms with E-state index in [1.54, 1.807) is 18.2 Å². The van der Waals surface area contributed by atoms with Gasteiger partial charge >= 0.3 is 0 Å². The summed E-state index contributed by atoms with van der Waals surface area (Å²) >= 11 is 11.9. The third kappa shape index (κ3) is 1.89. The van der Waals surface area contributed by atoms with E-state index in [1.807, 2.05) is 12.1 Å². The maximum absolute atomic E-state index is 5.95. The molecule has 0 saturated carbocycles. The lowest BCUT2D eigenvalue weighted by atomic mass is 10.3. The highest BCUT2D eigenvalue weighted by Crippen LogP contribution is 2.28. The number of pyridine rings is 1. The topological polar surface area (TPSA) is 67.6 Å². The van der Waals surface area contributed by atoms with E-state index in [-0.39, 0.29) is 0 Å². The van der Waals surface area contributed by atoms with Crippen LogP contribution in [0.1, 0.15) is 0 Å². The molecule has 0 aliphatic rings. The van der Waals surface area contributed by atoms with Crippen LogP contribution in [-0.4, -0.2) is 15.0 Å². The number of halogens is 2. The van der Waals surface area contributed by atoms with Gasteiger partial charge in [-0.05, 0) is 24.3 Å². The van der Waals surface area contributed by atoms with Crippen LogP contribution in [0.2, 0.25) is 10.0 Å². The molecule has 1 aromatic carbocycles. The van der Waals surface area contributed by atoms with Gasteiger partial charge < -0.3 is 10.7 Å². The lowest BCUT2D eigenvalue weighted by molar-refractivity contribution is 1.24. The summed E-state index contributed by atoms with van der Waals surface area (Å²) in [7, 11) is 0. The molecule has 0 bridgehead atoms. The number of hydrogen-bond acceptors (Lipinski definition) is 3. The van der Waals surface area contributed by atoms with Gasteiger partial charge in [0.1, 0.15) is 11.5 Å². The Kier molecular flexibility index (Phi) is 2.61. The van der Waals surface area contributed by atoms with Gasteiger partial charge in [-0.1, -0.05) is 29.3 Å². The van der Waals surface area contributed by atoms with Crippen molar-refractivity contribution in [3.05, 3.63) is 40.4 Å². The van der Waals surface area contributed by atoms with Crippen LogP contribution >= 0.6 is 23.2 Å². The average molecular weight is 279 g/mol. The van der Waals surface area contributed by atoms with E-state index in [0.29, 0.717) is 27.4 Å². The molecular formula is C12H8Cl2N4. The predicted octanol–water partition coefficient (Wildman–Crippen LogP) is 3.51. The van der Waals surface area contributed by atoms with Crippen LogP contribution < -0.4 is 5.73 Å². The molecular weight excluding hydrogens is 271 g/mol. The third-order valence-corrected chi connectivity index (χ3v) is 3.26. The Balaban J connectivity index is 2.19. The Hall–Kier alpha value is -1.78. The Bertz CT molecular complexity index is 697. The quantitative estimate of drug-likeness (QED) is 0.716. The molecule has 4 nitrogen and oxygen atoms in total. The van der Waals surface area contributed by atoms with Crippen LogP contribution in [0, 0.1) is 0 Å². The number of nitrogens with two attached hydrogens (primary N) is 1. The highest BCUT2D eigenvalue weighted by molar-refractivity contribution is 6.42. The van der Waals surface area contributed by atoms with Crippen LogP contribution in [0.5, 0.6) is 0 Å². The van der Waals surface area contributed by atoms with E-state index in [0.717, 1.165) is 11.0 Å². The van der Waals surface area contributed by atoms with E-state index in [4.69, 9.17) is 28.9 Å². The van der Waals surface area contributed by atoms with Gasteiger partial charge in [0.2, 0.25) is 0 Å². The van der Waals surface area contributed by atoms with Gasteiger partial charge in [0.15, 0.2) is 5.82 Å². The number of fused-ring (bicyclic) bond motifs is 1. The zero-order chi connectivity index (χ0) is 12.7. The molecule has 0 atom stereocenters. The van der Waals surface area contributed by atoms with Crippen molar-refractivity contribution < 1.29 is 0 Å². The molecule has 3 N–H and O–H groups in total. The Morgan fingerprint density at radius 1 is 1.06 bits per heavy atom. The van der Waals surface area contributed by atoms with Crippen LogP contribution in [0.3, 0.4) is 0 Å². The summed E-state index contributed by atoms with van der Waals surface area (Å²) in [5.41, 5.74) is 7.87. The number of nitrogens with one attached hydrogen (secondary N) is 1. The van der Waals surface area contributed by atoms with Crippen molar-refractivity contribution in [2.24, 2.45) is 0 Å². The van der Waals surface area contributed by atoms with Crippen LogP contribution in [0.4, 0.5) is 5.82 Å². The molecule has 18 heavy (non-hydrogen) atoms. The molecule has 2 heterocycles. The second-order valence-corrected chi connectivity index (χ2v) is 4.63. The van der Waals surface area contributed by atoms with Gasteiger partial charge in [-0.2, -0.15) is 0 Å². The number of rotatable bonds is 1. The van der Waals surface area contributed by atoms with Gasteiger partial charge in [-0.3, -0.25) is 0 Å². The summed E-state index contributed by atoms with van der Waals surface area (Å²) in [5, 5.41) is 0.961. The van der Waals surface area contributed by atoms with Gasteiger partial charge in [0.05, 0.1) is 21.1 Å². The minimum Gasteiger partial charge on any atom is -0.384 e. The number of aromatic nitrogens is 3. The van der Waals surface area contributed by atoms with Gasteiger partial charge in [-0.25, -0.2) is 9.97 Å². The number of nitrogens with zero attached hydrogens (tertiary/aromatic N) is 2. The number of nitrogen functional groups attached to an aromatic ring is 1. The number of imidazole rings is 1. The van der Waals surface area contributed by atoms with Crippen LogP contribution in [0.15, 0.2) is 30.3 Å². The molecule has 0 radical (unpaired) electrons. The molecule has 2 aromatic heterocycles. The highest BCUT2D eigenvalue weighted by atomic mass is 35.5. The number of H-pyrrole nitrogens is 1. The minimum absolute atomic E-state index is 0.448. The van der Waals surface area contributed by atoms with Crippen molar-refractivity contribution in [1.82, 2.24) is 15.0 Å². The standard InChI is InChI=1S/C12H8Cl2N4/c13-6-4-9-10(5-7(6)14)18-12(17-9)8-2-1-3-11(15)16-8/h1-5H,(H2,15,16)(H,17,18). The van der Waals surface area contributed by atoms with Gasteiger partial charge in [0, 0.05) is 0 Å². The smallest absolute Gasteiger partial charge is 0.157 e. The maximum atomic E-state index is 5.95. The zero-order valence-corrected chi connectivity index (χ0v) is 10.6. The second kappa shape index (κ2) is 4.15. The molecule has 0 fully saturated rings. The SMILES string of the molecule is Nc1cccc(-c2nc3cc(Cl)c(Cl)cc3[nH]2)n1. The van der Waals surface area contributed by atoms with Crippen molar-refractivity contribution in [1.29, 1.82) is 0 Å². The van der Waals surface area contributed by atoms with Crippen molar-refractivity contribution >= 4 is 40.1 Å². The first-order chi connectivity index (χ1) is 8.63. The molecule has 0 amide bonds. The first kappa shape index (κ1) is 11.3. The van der Waals surface area contributed by atoms with Gasteiger partial charge in [-0.15, -0.1) is 0 Å². The summed E-state index contributed by atoms with van der Waals surface area (Å²) < 4.78 is 0. The Morgan fingerprint density at radius 3 is 2.61 bits per heavy atom. The first-order valence-electron chi connectivity index (χ1n) is 5.21. The van der Waals surface area contributed by atoms with Crippen LogP contribution in [-0.2, 0) is 0 Å². The maximum Gasteiger partial charge on any atom is 0.157 e. The largest absolute Gasteiger partial charge is 0.384 e. The number of anilines is 1. The van der Waals surface area contributed by atoms with E-state index in [1.165, 1.54) is 0 Å². The zero-order valence-electron chi connectivity index (χ0n) is 9.11. The molecule has 0 aliphatic carbocycles. The Morgan fingerprint density at radius 2 is 1.83 bits per heavy atom. The predicted molar refractivity (Wildman–Crippen MR) is 73.8 cm³/mol. The summed E-state index contributed by atoms with van der Waals surface area (Å²) in [6.45, 7) is 0. The lowest BCUT2D eigenvalue weighted by Crippen LogP contribution is -1.92. The number of benzene rings is 1. The van der Waals surface area contributed by atoms with E-state index >= 15 is 0 Å². The normalized spacial score (nSPS) is 11.0. The molecule has 3 rings (SSSR count). The molecule has 90 valence electrons. The van der Waals surface area contributed by atoms with Crippen molar-refractivity contribution in [2.75, 3.05) is 5.73 Å². The van der Waals surface area contributed by atoms with E-state index in [2.05, 4.69) is 15.0 Å². The Labute approximate surface area is 113 Å². The summed E-state index contributed by atoms with van der Waals surface area (Å²) in [5.74, 6) is 1.08. The highest BCUT2D eigenvalue weighted by Gasteiger charge is 2.09. The fraction of sp³-hybridized carbons (Fsp3) is 0.